The Kier molecular flexibility index (Phi) is 8.32. The number of aromatic nitrogens is 2. The first-order chi connectivity index (χ1) is 17.4. The molecular weight excluding hydrogens is 452 g/mol. The number of rotatable bonds is 8. The highest BCUT2D eigenvalue weighted by atomic mass is 16.2. The van der Waals surface area contributed by atoms with Crippen molar-refractivity contribution in [1.82, 2.24) is 14.9 Å². The van der Waals surface area contributed by atoms with Crippen molar-refractivity contribution in [2.45, 2.75) is 20.3 Å². The van der Waals surface area contributed by atoms with E-state index in [0.29, 0.717) is 17.1 Å². The van der Waals surface area contributed by atoms with E-state index in [2.05, 4.69) is 26.7 Å². The van der Waals surface area contributed by atoms with Crippen LogP contribution in [0.1, 0.15) is 39.0 Å². The van der Waals surface area contributed by atoms with E-state index in [9.17, 15) is 4.79 Å². The van der Waals surface area contributed by atoms with Crippen LogP contribution in [-0.4, -0.2) is 34.4 Å². The van der Waals surface area contributed by atoms with Gasteiger partial charge in [-0.15, -0.1) is 0 Å². The van der Waals surface area contributed by atoms with Crippen molar-refractivity contribution in [3.05, 3.63) is 76.5 Å². The van der Waals surface area contributed by atoms with Crippen molar-refractivity contribution < 1.29 is 4.79 Å². The van der Waals surface area contributed by atoms with Gasteiger partial charge in [-0.2, -0.15) is 20.8 Å². The monoisotopic (exact) mass is 476 g/mol. The molecule has 0 aliphatic heterocycles. The van der Waals surface area contributed by atoms with Crippen molar-refractivity contribution in [1.29, 1.82) is 15.8 Å². The van der Waals surface area contributed by atoms with E-state index in [4.69, 9.17) is 15.8 Å². The first kappa shape index (κ1) is 25.4. The number of nitriles is 3. The van der Waals surface area contributed by atoms with Crippen LogP contribution in [0.2, 0.25) is 0 Å². The molecule has 1 heterocycles. The molecule has 36 heavy (non-hydrogen) atoms. The number of carbonyl (C=O) groups excluding carboxylic acids is 1. The first-order valence-corrected chi connectivity index (χ1v) is 11.1. The molecule has 0 bridgehead atoms. The van der Waals surface area contributed by atoms with Gasteiger partial charge in [-0.05, 0) is 73.0 Å². The fourth-order valence-corrected chi connectivity index (χ4v) is 3.52. The highest BCUT2D eigenvalue weighted by Crippen LogP contribution is 2.29. The smallest absolute Gasteiger partial charge is 0.258 e. The van der Waals surface area contributed by atoms with E-state index in [-0.39, 0.29) is 30.4 Å². The van der Waals surface area contributed by atoms with Gasteiger partial charge in [-0.25, -0.2) is 4.98 Å². The molecule has 1 amide bonds. The van der Waals surface area contributed by atoms with E-state index in [1.807, 2.05) is 38.1 Å². The molecule has 0 unspecified atom stereocenters. The summed E-state index contributed by atoms with van der Waals surface area (Å²) >= 11 is 0. The second-order valence-electron chi connectivity index (χ2n) is 8.02. The molecule has 0 radical (unpaired) electrons. The van der Waals surface area contributed by atoms with E-state index >= 15 is 0 Å². The number of benzene rings is 2. The fraction of sp³-hybridized carbons (Fsp3) is 0.185. The summed E-state index contributed by atoms with van der Waals surface area (Å²) in [6.45, 7) is 4.13. The van der Waals surface area contributed by atoms with Crippen LogP contribution < -0.4 is 10.6 Å². The summed E-state index contributed by atoms with van der Waals surface area (Å²) in [4.78, 5) is 23.5. The molecule has 3 aromatic rings. The van der Waals surface area contributed by atoms with Crippen molar-refractivity contribution in [3.63, 3.8) is 0 Å². The molecule has 1 aromatic heterocycles. The van der Waals surface area contributed by atoms with Crippen LogP contribution in [0.4, 0.5) is 23.1 Å². The lowest BCUT2D eigenvalue weighted by Crippen LogP contribution is -2.28. The van der Waals surface area contributed by atoms with E-state index in [0.717, 1.165) is 22.4 Å². The van der Waals surface area contributed by atoms with Crippen LogP contribution in [0, 0.1) is 47.8 Å². The molecule has 9 nitrogen and oxygen atoms in total. The Labute approximate surface area is 210 Å². The predicted octanol–water partition coefficient (Wildman–Crippen LogP) is 4.97. The average Bonchev–Trinajstić information content (AvgIpc) is 2.88. The molecule has 0 spiro atoms. The summed E-state index contributed by atoms with van der Waals surface area (Å²) in [5.74, 6) is 0.255. The number of aryl methyl sites for hydroxylation is 2. The van der Waals surface area contributed by atoms with Gasteiger partial charge in [0.1, 0.15) is 11.4 Å². The van der Waals surface area contributed by atoms with Gasteiger partial charge in [0.25, 0.3) is 5.91 Å². The second-order valence-corrected chi connectivity index (χ2v) is 8.02. The molecule has 0 aliphatic rings. The molecule has 0 fully saturated rings. The van der Waals surface area contributed by atoms with Crippen molar-refractivity contribution in [2.75, 3.05) is 24.2 Å². The van der Waals surface area contributed by atoms with Crippen LogP contribution >= 0.6 is 0 Å². The molecular formula is C27H24N8O. The van der Waals surface area contributed by atoms with Gasteiger partial charge in [-0.1, -0.05) is 0 Å². The molecule has 0 saturated heterocycles. The Morgan fingerprint density at radius 1 is 1.08 bits per heavy atom. The van der Waals surface area contributed by atoms with Gasteiger partial charge in [0.15, 0.2) is 0 Å². The van der Waals surface area contributed by atoms with Crippen LogP contribution in [0.25, 0.3) is 6.08 Å². The Bertz CT molecular complexity index is 1400. The third kappa shape index (κ3) is 6.22. The second kappa shape index (κ2) is 11.8. The molecule has 0 aliphatic carbocycles. The van der Waals surface area contributed by atoms with E-state index in [1.54, 1.807) is 37.4 Å². The average molecular weight is 477 g/mol. The quantitative estimate of drug-likeness (QED) is 0.434. The van der Waals surface area contributed by atoms with Gasteiger partial charge < -0.3 is 15.5 Å². The first-order valence-electron chi connectivity index (χ1n) is 11.1. The Hall–Kier alpha value is -5.20. The van der Waals surface area contributed by atoms with Gasteiger partial charge in [0.2, 0.25) is 5.95 Å². The molecule has 0 atom stereocenters. The Balaban J connectivity index is 2.01. The minimum Gasteiger partial charge on any atom is -0.341 e. The standard InChI is InChI=1S/C27H24N8O/c1-18-14-21(6-4-11-28)15-19(2)24(18)33-25-23(26(36)35(3)13-5-12-29)17-31-27(34-25)32-22-9-7-20(16-30)8-10-22/h4,6-10,14-15,17H,5,13H2,1-3H3,(H2,31,32,33,34)/b6-4+. The maximum absolute atomic E-state index is 13.1. The minimum atomic E-state index is -0.318. The zero-order valence-electron chi connectivity index (χ0n) is 20.2. The minimum absolute atomic E-state index is 0.208. The molecule has 2 aromatic carbocycles. The molecule has 0 saturated carbocycles. The lowest BCUT2D eigenvalue weighted by molar-refractivity contribution is 0.0798. The Morgan fingerprint density at radius 2 is 1.78 bits per heavy atom. The SMILES string of the molecule is Cc1cc(/C=C/C#N)cc(C)c1Nc1nc(Nc2ccc(C#N)cc2)ncc1C(=O)N(C)CCC#N. The number of anilines is 4. The largest absolute Gasteiger partial charge is 0.341 e. The van der Waals surface area contributed by atoms with E-state index < -0.39 is 0 Å². The molecule has 2 N–H and O–H groups in total. The summed E-state index contributed by atoms with van der Waals surface area (Å²) in [6, 6.07) is 16.8. The lowest BCUT2D eigenvalue weighted by atomic mass is 10.0. The van der Waals surface area contributed by atoms with Crippen molar-refractivity contribution >= 4 is 35.1 Å². The maximum atomic E-state index is 13.1. The number of nitrogens with one attached hydrogen (secondary N) is 2. The van der Waals surface area contributed by atoms with Crippen LogP contribution in [0.15, 0.2) is 48.7 Å². The highest BCUT2D eigenvalue weighted by Gasteiger charge is 2.20. The predicted molar refractivity (Wildman–Crippen MR) is 138 cm³/mol. The number of hydrogen-bond acceptors (Lipinski definition) is 8. The van der Waals surface area contributed by atoms with Crippen molar-refractivity contribution in [2.24, 2.45) is 0 Å². The third-order valence-electron chi connectivity index (χ3n) is 5.34. The fourth-order valence-electron chi connectivity index (χ4n) is 3.52. The van der Waals surface area contributed by atoms with Gasteiger partial charge in [0, 0.05) is 37.2 Å². The number of nitrogens with zero attached hydrogens (tertiary/aromatic N) is 6. The number of hydrogen-bond donors (Lipinski definition) is 2. The summed E-state index contributed by atoms with van der Waals surface area (Å²) in [6.07, 6.45) is 4.80. The summed E-state index contributed by atoms with van der Waals surface area (Å²) in [5.41, 5.74) is 4.95. The molecule has 3 rings (SSSR count). The number of carbonyl (C=O) groups is 1. The third-order valence-corrected chi connectivity index (χ3v) is 5.34. The van der Waals surface area contributed by atoms with E-state index in [1.165, 1.54) is 17.2 Å². The molecule has 9 heteroatoms. The zero-order valence-corrected chi connectivity index (χ0v) is 20.2. The molecule has 178 valence electrons. The van der Waals surface area contributed by atoms with Gasteiger partial charge >= 0.3 is 0 Å². The van der Waals surface area contributed by atoms with Gasteiger partial charge in [-0.3, -0.25) is 4.79 Å². The van der Waals surface area contributed by atoms with Gasteiger partial charge in [0.05, 0.1) is 30.2 Å². The summed E-state index contributed by atoms with van der Waals surface area (Å²) in [5, 5.41) is 33.1. The summed E-state index contributed by atoms with van der Waals surface area (Å²) in [7, 11) is 1.62. The van der Waals surface area contributed by atoms with Crippen LogP contribution in [0.5, 0.6) is 0 Å². The number of amides is 1. The zero-order chi connectivity index (χ0) is 26.1. The van der Waals surface area contributed by atoms with Crippen LogP contribution in [0.3, 0.4) is 0 Å². The topological polar surface area (TPSA) is 142 Å². The van der Waals surface area contributed by atoms with Crippen LogP contribution in [-0.2, 0) is 0 Å². The van der Waals surface area contributed by atoms with Crippen molar-refractivity contribution in [3.8, 4) is 18.2 Å². The summed E-state index contributed by atoms with van der Waals surface area (Å²) < 4.78 is 0. The maximum Gasteiger partial charge on any atom is 0.258 e. The lowest BCUT2D eigenvalue weighted by Gasteiger charge is -2.20. The number of allylic oxidation sites excluding steroid dienone is 1. The highest BCUT2D eigenvalue weighted by molar-refractivity contribution is 5.99. The normalized spacial score (nSPS) is 10.2. The Morgan fingerprint density at radius 3 is 2.39 bits per heavy atom.